The van der Waals surface area contributed by atoms with Crippen LogP contribution in [0.2, 0.25) is 0 Å². The van der Waals surface area contributed by atoms with E-state index in [0.717, 1.165) is 5.75 Å². The predicted molar refractivity (Wildman–Crippen MR) is 64.3 cm³/mol. The Morgan fingerprint density at radius 3 is 2.87 bits per heavy atom. The van der Waals surface area contributed by atoms with Gasteiger partial charge in [-0.2, -0.15) is 0 Å². The maximum Gasteiger partial charge on any atom is 0.124 e. The number of aryl methyl sites for hydroxylation is 1. The lowest BCUT2D eigenvalue weighted by atomic mass is 10.0. The van der Waals surface area contributed by atoms with Crippen LogP contribution in [0.15, 0.2) is 30.9 Å². The third kappa shape index (κ3) is 3.10. The van der Waals surface area contributed by atoms with Crippen LogP contribution in [0.5, 0.6) is 5.75 Å². The Morgan fingerprint density at radius 1 is 1.53 bits per heavy atom. The molecule has 1 unspecified atom stereocenters. The quantitative estimate of drug-likeness (QED) is 0.746. The van der Waals surface area contributed by atoms with Gasteiger partial charge in [0.15, 0.2) is 0 Å². The third-order valence-corrected chi connectivity index (χ3v) is 2.42. The average molecular weight is 205 g/mol. The second-order valence-corrected chi connectivity index (χ2v) is 3.65. The zero-order valence-corrected chi connectivity index (χ0v) is 9.71. The fourth-order valence-electron chi connectivity index (χ4n) is 1.44. The molecule has 0 saturated heterocycles. The lowest BCUT2D eigenvalue weighted by molar-refractivity contribution is 0.355. The van der Waals surface area contributed by atoms with E-state index in [1.165, 1.54) is 11.1 Å². The van der Waals surface area contributed by atoms with Gasteiger partial charge in [-0.3, -0.25) is 0 Å². The molecule has 1 aromatic rings. The monoisotopic (exact) mass is 205 g/mol. The Labute approximate surface area is 92.0 Å². The van der Waals surface area contributed by atoms with Crippen LogP contribution in [0.25, 0.3) is 0 Å². The molecule has 1 aromatic carbocycles. The summed E-state index contributed by atoms with van der Waals surface area (Å²) < 4.78 is 5.61. The largest absolute Gasteiger partial charge is 0.489 e. The normalized spacial score (nSPS) is 12.2. The summed E-state index contributed by atoms with van der Waals surface area (Å²) in [5.74, 6) is 0.933. The van der Waals surface area contributed by atoms with Crippen molar-refractivity contribution in [3.8, 4) is 5.75 Å². The molecule has 0 amide bonds. The van der Waals surface area contributed by atoms with Crippen LogP contribution in [0.4, 0.5) is 0 Å². The maximum atomic E-state index is 5.61. The molecule has 0 aliphatic carbocycles. The van der Waals surface area contributed by atoms with Crippen molar-refractivity contribution in [3.63, 3.8) is 0 Å². The Hall–Kier alpha value is -1.28. The molecule has 82 valence electrons. The van der Waals surface area contributed by atoms with Crippen LogP contribution in [0.3, 0.4) is 0 Å². The molecule has 15 heavy (non-hydrogen) atoms. The van der Waals surface area contributed by atoms with E-state index in [4.69, 9.17) is 4.74 Å². The van der Waals surface area contributed by atoms with Crippen LogP contribution in [0, 0.1) is 6.92 Å². The zero-order valence-electron chi connectivity index (χ0n) is 9.71. The number of ether oxygens (including phenoxy) is 1. The number of hydrogen-bond donors (Lipinski definition) is 1. The average Bonchev–Trinajstić information content (AvgIpc) is 2.26. The summed E-state index contributed by atoms with van der Waals surface area (Å²) in [7, 11) is 1.95. The smallest absolute Gasteiger partial charge is 0.124 e. The first-order valence-corrected chi connectivity index (χ1v) is 5.20. The van der Waals surface area contributed by atoms with Crippen molar-refractivity contribution in [3.05, 3.63) is 42.0 Å². The van der Waals surface area contributed by atoms with E-state index in [2.05, 4.69) is 37.9 Å². The van der Waals surface area contributed by atoms with Gasteiger partial charge in [-0.05, 0) is 27.0 Å². The standard InChI is InChI=1S/C13H19NO/c1-5-8-15-13-7-6-10(2)9-12(13)11(3)14-4/h5-7,9,11,14H,1,8H2,2-4H3. The molecule has 0 radical (unpaired) electrons. The van der Waals surface area contributed by atoms with Gasteiger partial charge in [0.05, 0.1) is 0 Å². The van der Waals surface area contributed by atoms with Crippen molar-refractivity contribution in [1.82, 2.24) is 5.32 Å². The molecule has 0 fully saturated rings. The van der Waals surface area contributed by atoms with Crippen molar-refractivity contribution in [2.75, 3.05) is 13.7 Å². The number of rotatable bonds is 5. The molecule has 0 spiro atoms. The summed E-state index contributed by atoms with van der Waals surface area (Å²) in [6, 6.07) is 6.52. The predicted octanol–water partition coefficient (Wildman–Crippen LogP) is 2.84. The summed E-state index contributed by atoms with van der Waals surface area (Å²) in [6.07, 6.45) is 1.76. The van der Waals surface area contributed by atoms with Gasteiger partial charge in [0.2, 0.25) is 0 Å². The second kappa shape index (κ2) is 5.56. The highest BCUT2D eigenvalue weighted by atomic mass is 16.5. The van der Waals surface area contributed by atoms with Crippen LogP contribution in [-0.2, 0) is 0 Å². The van der Waals surface area contributed by atoms with Gasteiger partial charge in [-0.25, -0.2) is 0 Å². The molecule has 1 N–H and O–H groups in total. The van der Waals surface area contributed by atoms with Crippen molar-refractivity contribution >= 4 is 0 Å². The Morgan fingerprint density at radius 2 is 2.27 bits per heavy atom. The summed E-state index contributed by atoms with van der Waals surface area (Å²) in [5.41, 5.74) is 2.44. The minimum Gasteiger partial charge on any atom is -0.489 e. The van der Waals surface area contributed by atoms with E-state index in [0.29, 0.717) is 12.6 Å². The van der Waals surface area contributed by atoms with Crippen molar-refractivity contribution in [2.45, 2.75) is 19.9 Å². The van der Waals surface area contributed by atoms with Gasteiger partial charge >= 0.3 is 0 Å². The Bertz CT molecular complexity index is 333. The van der Waals surface area contributed by atoms with E-state index < -0.39 is 0 Å². The van der Waals surface area contributed by atoms with E-state index in [9.17, 15) is 0 Å². The van der Waals surface area contributed by atoms with Crippen LogP contribution < -0.4 is 10.1 Å². The topological polar surface area (TPSA) is 21.3 Å². The van der Waals surface area contributed by atoms with Crippen molar-refractivity contribution in [2.24, 2.45) is 0 Å². The summed E-state index contributed by atoms with van der Waals surface area (Å²) in [5, 5.41) is 3.22. The van der Waals surface area contributed by atoms with Gasteiger partial charge < -0.3 is 10.1 Å². The molecule has 1 rings (SSSR count). The minimum absolute atomic E-state index is 0.296. The van der Waals surface area contributed by atoms with Crippen molar-refractivity contribution in [1.29, 1.82) is 0 Å². The molecule has 2 nitrogen and oxygen atoms in total. The van der Waals surface area contributed by atoms with E-state index in [1.807, 2.05) is 13.1 Å². The molecular weight excluding hydrogens is 186 g/mol. The SMILES string of the molecule is C=CCOc1ccc(C)cc1C(C)NC. The minimum atomic E-state index is 0.296. The molecule has 0 saturated carbocycles. The molecule has 0 bridgehead atoms. The summed E-state index contributed by atoms with van der Waals surface area (Å²) in [4.78, 5) is 0. The first kappa shape index (κ1) is 11.8. The fourth-order valence-corrected chi connectivity index (χ4v) is 1.44. The lowest BCUT2D eigenvalue weighted by Crippen LogP contribution is -2.14. The van der Waals surface area contributed by atoms with Crippen LogP contribution in [-0.4, -0.2) is 13.7 Å². The van der Waals surface area contributed by atoms with Gasteiger partial charge in [0.25, 0.3) is 0 Å². The fraction of sp³-hybridized carbons (Fsp3) is 0.385. The summed E-state index contributed by atoms with van der Waals surface area (Å²) in [6.45, 7) is 8.40. The lowest BCUT2D eigenvalue weighted by Gasteiger charge is -2.16. The van der Waals surface area contributed by atoms with Gasteiger partial charge in [-0.1, -0.05) is 30.4 Å². The number of benzene rings is 1. The molecule has 0 aliphatic heterocycles. The van der Waals surface area contributed by atoms with Gasteiger partial charge in [0.1, 0.15) is 12.4 Å². The van der Waals surface area contributed by atoms with E-state index in [-0.39, 0.29) is 0 Å². The van der Waals surface area contributed by atoms with Crippen LogP contribution >= 0.6 is 0 Å². The molecule has 0 heterocycles. The second-order valence-electron chi connectivity index (χ2n) is 3.65. The van der Waals surface area contributed by atoms with Gasteiger partial charge in [0, 0.05) is 11.6 Å². The molecule has 0 aliphatic rings. The van der Waals surface area contributed by atoms with E-state index in [1.54, 1.807) is 6.08 Å². The third-order valence-electron chi connectivity index (χ3n) is 2.42. The van der Waals surface area contributed by atoms with E-state index >= 15 is 0 Å². The molecule has 0 aromatic heterocycles. The maximum absolute atomic E-state index is 5.61. The first-order valence-electron chi connectivity index (χ1n) is 5.20. The molecule has 2 heteroatoms. The summed E-state index contributed by atoms with van der Waals surface area (Å²) >= 11 is 0. The Balaban J connectivity index is 2.97. The highest BCUT2D eigenvalue weighted by Crippen LogP contribution is 2.26. The number of hydrogen-bond acceptors (Lipinski definition) is 2. The first-order chi connectivity index (χ1) is 7.19. The molecule has 1 atom stereocenters. The van der Waals surface area contributed by atoms with Crippen LogP contribution in [0.1, 0.15) is 24.1 Å². The van der Waals surface area contributed by atoms with Gasteiger partial charge in [-0.15, -0.1) is 0 Å². The highest BCUT2D eigenvalue weighted by Gasteiger charge is 2.09. The number of nitrogens with one attached hydrogen (secondary N) is 1. The Kier molecular flexibility index (Phi) is 4.37. The zero-order chi connectivity index (χ0) is 11.3. The highest BCUT2D eigenvalue weighted by molar-refractivity contribution is 5.39. The van der Waals surface area contributed by atoms with Crippen molar-refractivity contribution < 1.29 is 4.74 Å². The molecular formula is C13H19NO.